The van der Waals surface area contributed by atoms with E-state index in [1.165, 1.54) is 19.3 Å². The molecule has 0 spiro atoms. The third-order valence-electron chi connectivity index (χ3n) is 3.48. The Morgan fingerprint density at radius 2 is 2.18 bits per heavy atom. The molecule has 1 N–H and O–H groups in total. The molecule has 0 radical (unpaired) electrons. The van der Waals surface area contributed by atoms with Crippen molar-refractivity contribution < 1.29 is 0 Å². The molecule has 0 amide bonds. The van der Waals surface area contributed by atoms with Crippen LogP contribution in [0.3, 0.4) is 0 Å². The summed E-state index contributed by atoms with van der Waals surface area (Å²) in [6.45, 7) is 6.17. The van der Waals surface area contributed by atoms with Gasteiger partial charge in [-0.25, -0.2) is 4.98 Å². The van der Waals surface area contributed by atoms with Gasteiger partial charge in [0, 0.05) is 19.6 Å². The summed E-state index contributed by atoms with van der Waals surface area (Å²) in [5.74, 6) is 0.973. The number of rotatable bonds is 3. The van der Waals surface area contributed by atoms with E-state index < -0.39 is 0 Å². The monoisotopic (exact) mass is 234 g/mol. The molecule has 0 bridgehead atoms. The van der Waals surface area contributed by atoms with E-state index >= 15 is 0 Å². The maximum Gasteiger partial charge on any atom is 0.147 e. The quantitative estimate of drug-likeness (QED) is 0.864. The van der Waals surface area contributed by atoms with Crippen LogP contribution in [0.1, 0.15) is 30.7 Å². The van der Waals surface area contributed by atoms with Gasteiger partial charge in [-0.2, -0.15) is 0 Å². The summed E-state index contributed by atoms with van der Waals surface area (Å²) in [7, 11) is 2.09. The Balaban J connectivity index is 1.98. The van der Waals surface area contributed by atoms with Crippen LogP contribution in [0.5, 0.6) is 0 Å². The summed E-state index contributed by atoms with van der Waals surface area (Å²) in [6, 6.07) is 0.595. The van der Waals surface area contributed by atoms with Crippen molar-refractivity contribution in [3.8, 4) is 0 Å². The zero-order chi connectivity index (χ0) is 12.3. The van der Waals surface area contributed by atoms with Crippen LogP contribution in [-0.2, 0) is 0 Å². The van der Waals surface area contributed by atoms with Gasteiger partial charge in [0.1, 0.15) is 5.82 Å². The molecule has 1 aliphatic heterocycles. The van der Waals surface area contributed by atoms with Crippen LogP contribution in [0, 0.1) is 13.8 Å². The molecule has 1 aromatic heterocycles. The topological polar surface area (TPSA) is 41.1 Å². The number of hydrogen-bond donors (Lipinski definition) is 1. The van der Waals surface area contributed by atoms with Crippen LogP contribution in [-0.4, -0.2) is 36.1 Å². The average Bonchev–Trinajstić information content (AvgIpc) is 2.34. The van der Waals surface area contributed by atoms with Gasteiger partial charge in [-0.05, 0) is 33.2 Å². The number of anilines is 1. The summed E-state index contributed by atoms with van der Waals surface area (Å²) in [4.78, 5) is 11.1. The highest BCUT2D eigenvalue weighted by Gasteiger charge is 2.15. The van der Waals surface area contributed by atoms with Gasteiger partial charge in [0.2, 0.25) is 0 Å². The Hall–Kier alpha value is -1.16. The molecule has 1 fully saturated rings. The van der Waals surface area contributed by atoms with Crippen molar-refractivity contribution in [1.82, 2.24) is 15.3 Å². The van der Waals surface area contributed by atoms with Crippen LogP contribution in [0.25, 0.3) is 0 Å². The van der Waals surface area contributed by atoms with Gasteiger partial charge in [0.25, 0.3) is 0 Å². The maximum atomic E-state index is 4.57. The number of piperidine rings is 1. The molecule has 0 aromatic carbocycles. The van der Waals surface area contributed by atoms with Crippen molar-refractivity contribution in [3.05, 3.63) is 17.6 Å². The lowest BCUT2D eigenvalue weighted by Crippen LogP contribution is -2.42. The standard InChI is InChI=1S/C13H22N4/c1-10-11(2)16-13(8-15-10)17(3)9-12-6-4-5-7-14-12/h8,12,14H,4-7,9H2,1-3H3. The van der Waals surface area contributed by atoms with Gasteiger partial charge in [-0.3, -0.25) is 4.98 Å². The van der Waals surface area contributed by atoms with Crippen LogP contribution < -0.4 is 10.2 Å². The Morgan fingerprint density at radius 3 is 2.82 bits per heavy atom. The summed E-state index contributed by atoms with van der Waals surface area (Å²) in [5, 5.41) is 3.56. The minimum absolute atomic E-state index is 0.595. The highest BCUT2D eigenvalue weighted by molar-refractivity contribution is 5.36. The zero-order valence-electron chi connectivity index (χ0n) is 11.0. The molecule has 4 nitrogen and oxygen atoms in total. The van der Waals surface area contributed by atoms with Crippen molar-refractivity contribution in [2.45, 2.75) is 39.2 Å². The van der Waals surface area contributed by atoms with Crippen molar-refractivity contribution >= 4 is 5.82 Å². The summed E-state index contributed by atoms with van der Waals surface area (Å²) < 4.78 is 0. The fraction of sp³-hybridized carbons (Fsp3) is 0.692. The molecule has 1 aliphatic rings. The highest BCUT2D eigenvalue weighted by Crippen LogP contribution is 2.13. The van der Waals surface area contributed by atoms with Gasteiger partial charge in [-0.1, -0.05) is 6.42 Å². The number of hydrogen-bond acceptors (Lipinski definition) is 4. The molecular formula is C13H22N4. The van der Waals surface area contributed by atoms with Gasteiger partial charge >= 0.3 is 0 Å². The largest absolute Gasteiger partial charge is 0.357 e. The molecular weight excluding hydrogens is 212 g/mol. The van der Waals surface area contributed by atoms with Crippen LogP contribution in [0.4, 0.5) is 5.82 Å². The molecule has 0 aliphatic carbocycles. The summed E-state index contributed by atoms with van der Waals surface area (Å²) in [6.07, 6.45) is 5.78. The van der Waals surface area contributed by atoms with E-state index in [0.29, 0.717) is 6.04 Å². The van der Waals surface area contributed by atoms with E-state index in [9.17, 15) is 0 Å². The SMILES string of the molecule is Cc1ncc(N(C)CC2CCCCN2)nc1C. The second-order valence-electron chi connectivity index (χ2n) is 4.93. The third-order valence-corrected chi connectivity index (χ3v) is 3.48. The number of likely N-dealkylation sites (N-methyl/N-ethyl adjacent to an activating group) is 1. The van der Waals surface area contributed by atoms with E-state index in [4.69, 9.17) is 0 Å². The van der Waals surface area contributed by atoms with Crippen molar-refractivity contribution in [2.24, 2.45) is 0 Å². The predicted molar refractivity (Wildman–Crippen MR) is 70.4 cm³/mol. The molecule has 94 valence electrons. The first-order valence-corrected chi connectivity index (χ1v) is 6.41. The fourth-order valence-corrected chi connectivity index (χ4v) is 2.22. The normalized spacial score (nSPS) is 20.3. The van der Waals surface area contributed by atoms with Crippen molar-refractivity contribution in [2.75, 3.05) is 25.0 Å². The summed E-state index contributed by atoms with van der Waals surface area (Å²) >= 11 is 0. The highest BCUT2D eigenvalue weighted by atomic mass is 15.2. The maximum absolute atomic E-state index is 4.57. The second kappa shape index (κ2) is 5.45. The molecule has 0 saturated carbocycles. The predicted octanol–water partition coefficient (Wildman–Crippen LogP) is 1.67. The van der Waals surface area contributed by atoms with Crippen molar-refractivity contribution in [3.63, 3.8) is 0 Å². The molecule has 1 atom stereocenters. The lowest BCUT2D eigenvalue weighted by atomic mass is 10.0. The van der Waals surface area contributed by atoms with Gasteiger partial charge < -0.3 is 10.2 Å². The minimum atomic E-state index is 0.595. The van der Waals surface area contributed by atoms with Crippen molar-refractivity contribution in [1.29, 1.82) is 0 Å². The first kappa shape index (κ1) is 12.3. The lowest BCUT2D eigenvalue weighted by molar-refractivity contribution is 0.403. The zero-order valence-corrected chi connectivity index (χ0v) is 11.0. The Labute approximate surface area is 103 Å². The van der Waals surface area contributed by atoms with E-state index in [2.05, 4.69) is 27.2 Å². The molecule has 17 heavy (non-hydrogen) atoms. The van der Waals surface area contributed by atoms with Crippen LogP contribution in [0.2, 0.25) is 0 Å². The van der Waals surface area contributed by atoms with E-state index in [1.807, 2.05) is 20.0 Å². The van der Waals surface area contributed by atoms with E-state index in [0.717, 1.165) is 30.3 Å². The van der Waals surface area contributed by atoms with Gasteiger partial charge in [-0.15, -0.1) is 0 Å². The lowest BCUT2D eigenvalue weighted by Gasteiger charge is -2.28. The van der Waals surface area contributed by atoms with Crippen LogP contribution in [0.15, 0.2) is 6.20 Å². The first-order chi connectivity index (χ1) is 8.16. The molecule has 4 heteroatoms. The third kappa shape index (κ3) is 3.16. The first-order valence-electron chi connectivity index (χ1n) is 6.41. The molecule has 1 saturated heterocycles. The molecule has 2 rings (SSSR count). The smallest absolute Gasteiger partial charge is 0.147 e. The number of aryl methyl sites for hydroxylation is 2. The number of nitrogens with zero attached hydrogens (tertiary/aromatic N) is 3. The minimum Gasteiger partial charge on any atom is -0.357 e. The van der Waals surface area contributed by atoms with E-state index in [-0.39, 0.29) is 0 Å². The van der Waals surface area contributed by atoms with E-state index in [1.54, 1.807) is 0 Å². The van der Waals surface area contributed by atoms with Gasteiger partial charge in [0.15, 0.2) is 0 Å². The molecule has 2 heterocycles. The summed E-state index contributed by atoms with van der Waals surface area (Å²) in [5.41, 5.74) is 2.03. The number of nitrogens with one attached hydrogen (secondary N) is 1. The molecule has 1 unspecified atom stereocenters. The Morgan fingerprint density at radius 1 is 1.35 bits per heavy atom. The second-order valence-corrected chi connectivity index (χ2v) is 4.93. The Kier molecular flexibility index (Phi) is 3.94. The fourth-order valence-electron chi connectivity index (χ4n) is 2.22. The number of aromatic nitrogens is 2. The average molecular weight is 234 g/mol. The van der Waals surface area contributed by atoms with Crippen LogP contribution >= 0.6 is 0 Å². The van der Waals surface area contributed by atoms with Gasteiger partial charge in [0.05, 0.1) is 17.6 Å². The molecule has 1 aromatic rings. The Bertz CT molecular complexity index is 372.